The average molecular weight is 565 g/mol. The average Bonchev–Trinajstić information content (AvgIpc) is 2.95. The van der Waals surface area contributed by atoms with Crippen molar-refractivity contribution in [3.63, 3.8) is 0 Å². The Morgan fingerprint density at radius 3 is 1.27 bits per heavy atom. The fourth-order valence-corrected chi connectivity index (χ4v) is 4.95. The van der Waals surface area contributed by atoms with Crippen LogP contribution in [0.25, 0.3) is 0 Å². The van der Waals surface area contributed by atoms with Crippen molar-refractivity contribution in [2.24, 2.45) is 0 Å². The summed E-state index contributed by atoms with van der Waals surface area (Å²) < 4.78 is 0. The van der Waals surface area contributed by atoms with E-state index in [9.17, 15) is 9.59 Å². The van der Waals surface area contributed by atoms with E-state index in [-0.39, 0.29) is 11.8 Å². The molecule has 6 nitrogen and oxygen atoms in total. The summed E-state index contributed by atoms with van der Waals surface area (Å²) in [4.78, 5) is 29.4. The van der Waals surface area contributed by atoms with E-state index in [2.05, 4.69) is 72.6 Å². The Morgan fingerprint density at radius 1 is 0.537 bits per heavy atom. The standard InChI is InChI=1S/C35H56N4O2/c1-5-7-9-11-25-38(3)27-13-15-34(40)36-32-21-17-30(18-22-32)29-31-19-23-33(24-20-31)37-35(41)16-14-28-39(4)26-12-10-8-6-2/h17-24H,5-16,25-29H2,1-4H3,(H,36,40)(H,37,41). The van der Waals surface area contributed by atoms with E-state index in [4.69, 9.17) is 0 Å². The molecule has 0 aliphatic carbocycles. The number of carbonyl (C=O) groups excluding carboxylic acids is 2. The summed E-state index contributed by atoms with van der Waals surface area (Å²) in [6.07, 6.45) is 13.8. The highest BCUT2D eigenvalue weighted by Gasteiger charge is 2.07. The van der Waals surface area contributed by atoms with Gasteiger partial charge in [-0.2, -0.15) is 0 Å². The second-order valence-corrected chi connectivity index (χ2v) is 11.6. The summed E-state index contributed by atoms with van der Waals surface area (Å²) >= 11 is 0. The molecule has 2 amide bonds. The number of benzene rings is 2. The molecule has 0 aliphatic rings. The molecule has 2 aromatic carbocycles. The zero-order chi connectivity index (χ0) is 29.7. The summed E-state index contributed by atoms with van der Waals surface area (Å²) in [5, 5.41) is 6.05. The van der Waals surface area contributed by atoms with E-state index in [1.54, 1.807) is 0 Å². The van der Waals surface area contributed by atoms with Crippen LogP contribution in [0.3, 0.4) is 0 Å². The maximum atomic E-state index is 12.4. The van der Waals surface area contributed by atoms with E-state index in [0.717, 1.165) is 56.8 Å². The van der Waals surface area contributed by atoms with Crippen LogP contribution in [0, 0.1) is 0 Å². The predicted molar refractivity (Wildman–Crippen MR) is 175 cm³/mol. The Morgan fingerprint density at radius 2 is 0.902 bits per heavy atom. The summed E-state index contributed by atoms with van der Waals surface area (Å²) in [7, 11) is 4.29. The summed E-state index contributed by atoms with van der Waals surface area (Å²) in [6, 6.07) is 16.2. The molecule has 228 valence electrons. The fraction of sp³-hybridized carbons (Fsp3) is 0.600. The third-order valence-electron chi connectivity index (χ3n) is 7.56. The van der Waals surface area contributed by atoms with Gasteiger partial charge in [-0.05, 0) is 108 Å². The van der Waals surface area contributed by atoms with Crippen LogP contribution >= 0.6 is 0 Å². The van der Waals surface area contributed by atoms with Gasteiger partial charge in [0.05, 0.1) is 0 Å². The van der Waals surface area contributed by atoms with E-state index in [0.29, 0.717) is 12.8 Å². The monoisotopic (exact) mass is 564 g/mol. The zero-order valence-corrected chi connectivity index (χ0v) is 26.4. The maximum absolute atomic E-state index is 12.4. The summed E-state index contributed by atoms with van der Waals surface area (Å²) in [5.41, 5.74) is 4.05. The topological polar surface area (TPSA) is 64.7 Å². The van der Waals surface area contributed by atoms with Gasteiger partial charge >= 0.3 is 0 Å². The van der Waals surface area contributed by atoms with Gasteiger partial charge in [-0.3, -0.25) is 9.59 Å². The molecule has 0 unspecified atom stereocenters. The van der Waals surface area contributed by atoms with Gasteiger partial charge in [0.25, 0.3) is 0 Å². The van der Waals surface area contributed by atoms with Crippen molar-refractivity contribution in [3.05, 3.63) is 59.7 Å². The van der Waals surface area contributed by atoms with Crippen LogP contribution in [0.5, 0.6) is 0 Å². The Kier molecular flexibility index (Phi) is 17.7. The van der Waals surface area contributed by atoms with Crippen molar-refractivity contribution in [1.82, 2.24) is 9.80 Å². The lowest BCUT2D eigenvalue weighted by atomic mass is 10.0. The van der Waals surface area contributed by atoms with Crippen molar-refractivity contribution < 1.29 is 9.59 Å². The van der Waals surface area contributed by atoms with Gasteiger partial charge in [0.2, 0.25) is 11.8 Å². The number of rotatable bonds is 22. The minimum absolute atomic E-state index is 0.0733. The van der Waals surface area contributed by atoms with Gasteiger partial charge in [-0.25, -0.2) is 0 Å². The van der Waals surface area contributed by atoms with Crippen LogP contribution in [0.15, 0.2) is 48.5 Å². The molecule has 6 heteroatoms. The molecule has 0 fully saturated rings. The minimum Gasteiger partial charge on any atom is -0.326 e. The molecule has 0 spiro atoms. The molecule has 41 heavy (non-hydrogen) atoms. The summed E-state index contributed by atoms with van der Waals surface area (Å²) in [6.45, 7) is 8.59. The molecule has 2 N–H and O–H groups in total. The number of hydrogen-bond acceptors (Lipinski definition) is 4. The Hall–Kier alpha value is -2.70. The molecular weight excluding hydrogens is 508 g/mol. The highest BCUT2D eigenvalue weighted by Crippen LogP contribution is 2.17. The molecule has 0 aliphatic heterocycles. The largest absolute Gasteiger partial charge is 0.326 e. The number of unbranched alkanes of at least 4 members (excludes halogenated alkanes) is 6. The van der Waals surface area contributed by atoms with Gasteiger partial charge in [0.1, 0.15) is 0 Å². The molecule has 0 aromatic heterocycles. The van der Waals surface area contributed by atoms with Crippen molar-refractivity contribution in [2.75, 3.05) is 50.9 Å². The van der Waals surface area contributed by atoms with Gasteiger partial charge in [0, 0.05) is 24.2 Å². The molecular formula is C35H56N4O2. The van der Waals surface area contributed by atoms with E-state index in [1.165, 1.54) is 62.5 Å². The Bertz CT molecular complexity index is 895. The minimum atomic E-state index is 0.0733. The quantitative estimate of drug-likeness (QED) is 0.144. The van der Waals surface area contributed by atoms with Crippen LogP contribution in [0.2, 0.25) is 0 Å². The molecule has 0 bridgehead atoms. The van der Waals surface area contributed by atoms with Crippen molar-refractivity contribution >= 4 is 23.2 Å². The molecule has 2 aromatic rings. The predicted octanol–water partition coefficient (Wildman–Crippen LogP) is 7.74. The van der Waals surface area contributed by atoms with Crippen molar-refractivity contribution in [1.29, 1.82) is 0 Å². The molecule has 0 heterocycles. The Balaban J connectivity index is 1.64. The lowest BCUT2D eigenvalue weighted by Crippen LogP contribution is -2.22. The molecule has 0 atom stereocenters. The number of nitrogens with one attached hydrogen (secondary N) is 2. The second-order valence-electron chi connectivity index (χ2n) is 11.6. The molecule has 0 saturated heterocycles. The van der Waals surface area contributed by atoms with Crippen LogP contribution in [0.1, 0.15) is 102 Å². The number of hydrogen-bond donors (Lipinski definition) is 2. The van der Waals surface area contributed by atoms with E-state index in [1.807, 2.05) is 24.3 Å². The lowest BCUT2D eigenvalue weighted by molar-refractivity contribution is -0.117. The van der Waals surface area contributed by atoms with Crippen molar-refractivity contribution in [3.8, 4) is 0 Å². The first-order valence-electron chi connectivity index (χ1n) is 16.0. The highest BCUT2D eigenvalue weighted by atomic mass is 16.2. The van der Waals surface area contributed by atoms with Gasteiger partial charge in [-0.1, -0.05) is 76.6 Å². The zero-order valence-electron chi connectivity index (χ0n) is 26.4. The van der Waals surface area contributed by atoms with E-state index >= 15 is 0 Å². The van der Waals surface area contributed by atoms with Gasteiger partial charge in [-0.15, -0.1) is 0 Å². The van der Waals surface area contributed by atoms with Crippen molar-refractivity contribution in [2.45, 2.75) is 97.3 Å². The summed E-state index contributed by atoms with van der Waals surface area (Å²) in [5.74, 6) is 0.147. The van der Waals surface area contributed by atoms with Crippen LogP contribution in [0.4, 0.5) is 11.4 Å². The molecule has 0 saturated carbocycles. The smallest absolute Gasteiger partial charge is 0.224 e. The third-order valence-corrected chi connectivity index (χ3v) is 7.56. The van der Waals surface area contributed by atoms with Crippen LogP contribution < -0.4 is 10.6 Å². The van der Waals surface area contributed by atoms with Crippen LogP contribution in [-0.4, -0.2) is 61.9 Å². The fourth-order valence-electron chi connectivity index (χ4n) is 4.95. The number of nitrogens with zero attached hydrogens (tertiary/aromatic N) is 2. The third kappa shape index (κ3) is 16.4. The number of anilines is 2. The highest BCUT2D eigenvalue weighted by molar-refractivity contribution is 5.91. The normalized spacial score (nSPS) is 11.3. The number of carbonyl (C=O) groups is 2. The van der Waals surface area contributed by atoms with Gasteiger partial charge in [0.15, 0.2) is 0 Å². The first-order chi connectivity index (χ1) is 19.9. The molecule has 2 rings (SSSR count). The lowest BCUT2D eigenvalue weighted by Gasteiger charge is -2.16. The molecule has 0 radical (unpaired) electrons. The Labute approximate surface area is 250 Å². The van der Waals surface area contributed by atoms with Gasteiger partial charge < -0.3 is 20.4 Å². The first kappa shape index (κ1) is 34.5. The SMILES string of the molecule is CCCCCCN(C)CCCC(=O)Nc1ccc(Cc2ccc(NC(=O)CCCN(C)CCCCCC)cc2)cc1. The first-order valence-corrected chi connectivity index (χ1v) is 16.0. The van der Waals surface area contributed by atoms with Crippen LogP contribution in [-0.2, 0) is 16.0 Å². The second kappa shape index (κ2) is 21.1. The maximum Gasteiger partial charge on any atom is 0.224 e. The number of amides is 2. The van der Waals surface area contributed by atoms with E-state index < -0.39 is 0 Å².